The van der Waals surface area contributed by atoms with Gasteiger partial charge in [0, 0.05) is 10.6 Å². The topological polar surface area (TPSA) is 109 Å². The molecule has 0 amide bonds. The van der Waals surface area contributed by atoms with Crippen LogP contribution >= 0.6 is 22.9 Å². The molecule has 3 heterocycles. The second-order valence-corrected chi connectivity index (χ2v) is 12.0. The van der Waals surface area contributed by atoms with Crippen molar-refractivity contribution in [2.24, 2.45) is 0 Å². The SMILES string of the molecule is Cc1cc(-c2cc(C(F)(F)F)n3ncc(C#Cc4ncc(S(=O)(=O)NC(C)(C)CO)s4)c3n2)ccc1Cl. The molecule has 0 saturated heterocycles. The lowest BCUT2D eigenvalue weighted by molar-refractivity contribution is -0.142. The Kier molecular flexibility index (Phi) is 7.08. The van der Waals surface area contributed by atoms with Gasteiger partial charge in [-0.2, -0.15) is 18.3 Å². The summed E-state index contributed by atoms with van der Waals surface area (Å²) >= 11 is 6.82. The summed E-state index contributed by atoms with van der Waals surface area (Å²) in [5.41, 5.74) is -0.986. The molecule has 4 aromatic rings. The Balaban J connectivity index is 1.76. The summed E-state index contributed by atoms with van der Waals surface area (Å²) in [5.74, 6) is 5.36. The molecule has 0 aliphatic rings. The summed E-state index contributed by atoms with van der Waals surface area (Å²) in [6.07, 6.45) is -2.46. The number of aliphatic hydroxyl groups is 1. The van der Waals surface area contributed by atoms with Crippen LogP contribution < -0.4 is 4.72 Å². The first-order valence-electron chi connectivity index (χ1n) is 10.6. The zero-order valence-corrected chi connectivity index (χ0v) is 21.9. The highest BCUT2D eigenvalue weighted by Gasteiger charge is 2.35. The van der Waals surface area contributed by atoms with Gasteiger partial charge in [0.2, 0.25) is 0 Å². The lowest BCUT2D eigenvalue weighted by atomic mass is 10.1. The molecule has 194 valence electrons. The number of aryl methyl sites for hydroxylation is 1. The second-order valence-electron chi connectivity index (χ2n) is 8.66. The second kappa shape index (κ2) is 9.70. The normalized spacial score (nSPS) is 12.5. The number of sulfonamides is 1. The van der Waals surface area contributed by atoms with Gasteiger partial charge in [-0.1, -0.05) is 34.9 Å². The number of benzene rings is 1. The number of fused-ring (bicyclic) bond motifs is 1. The molecule has 0 spiro atoms. The molecule has 0 radical (unpaired) electrons. The van der Waals surface area contributed by atoms with Crippen LogP contribution in [0.25, 0.3) is 16.9 Å². The average molecular weight is 570 g/mol. The number of nitrogens with zero attached hydrogens (tertiary/aromatic N) is 4. The zero-order chi connectivity index (χ0) is 27.2. The van der Waals surface area contributed by atoms with Crippen LogP contribution in [-0.4, -0.2) is 45.3 Å². The number of nitrogens with one attached hydrogen (secondary N) is 1. The van der Waals surface area contributed by atoms with Gasteiger partial charge in [0.05, 0.1) is 35.8 Å². The fraction of sp³-hybridized carbons (Fsp3) is 0.261. The van der Waals surface area contributed by atoms with Crippen molar-refractivity contribution in [3.63, 3.8) is 0 Å². The molecular weight excluding hydrogens is 551 g/mol. The van der Waals surface area contributed by atoms with Crippen LogP contribution in [0, 0.1) is 18.8 Å². The number of thiazole rings is 1. The number of hydrogen-bond acceptors (Lipinski definition) is 7. The van der Waals surface area contributed by atoms with E-state index in [9.17, 15) is 26.7 Å². The van der Waals surface area contributed by atoms with Crippen molar-refractivity contribution in [2.75, 3.05) is 6.61 Å². The van der Waals surface area contributed by atoms with Crippen molar-refractivity contribution in [3.05, 3.63) is 63.5 Å². The highest BCUT2D eigenvalue weighted by Crippen LogP contribution is 2.33. The highest BCUT2D eigenvalue weighted by atomic mass is 35.5. The maximum atomic E-state index is 13.8. The molecule has 8 nitrogen and oxygen atoms in total. The van der Waals surface area contributed by atoms with Gasteiger partial charge in [0.1, 0.15) is 0 Å². The third-order valence-corrected chi connectivity index (χ3v) is 8.57. The smallest absolute Gasteiger partial charge is 0.394 e. The first-order valence-corrected chi connectivity index (χ1v) is 13.2. The molecule has 37 heavy (non-hydrogen) atoms. The fourth-order valence-corrected chi connectivity index (χ4v) is 5.72. The van der Waals surface area contributed by atoms with Crippen LogP contribution in [0.15, 0.2) is 40.9 Å². The van der Waals surface area contributed by atoms with Crippen LogP contribution in [0.2, 0.25) is 5.02 Å². The molecule has 0 atom stereocenters. The minimum absolute atomic E-state index is 0.0587. The Bertz CT molecular complexity index is 1670. The quantitative estimate of drug-likeness (QED) is 0.347. The van der Waals surface area contributed by atoms with Crippen LogP contribution in [-0.2, 0) is 16.2 Å². The van der Waals surface area contributed by atoms with Crippen molar-refractivity contribution >= 4 is 38.6 Å². The summed E-state index contributed by atoms with van der Waals surface area (Å²) in [6, 6.07) is 5.68. The molecule has 1 aromatic carbocycles. The van der Waals surface area contributed by atoms with Crippen LogP contribution in [0.5, 0.6) is 0 Å². The van der Waals surface area contributed by atoms with E-state index < -0.39 is 34.0 Å². The molecule has 0 saturated carbocycles. The predicted octanol–water partition coefficient (Wildman–Crippen LogP) is 4.28. The lowest BCUT2D eigenvalue weighted by Crippen LogP contribution is -2.45. The molecular formula is C23H19ClF3N5O3S2. The van der Waals surface area contributed by atoms with Crippen LogP contribution in [0.4, 0.5) is 13.2 Å². The van der Waals surface area contributed by atoms with E-state index in [0.29, 0.717) is 20.7 Å². The summed E-state index contributed by atoms with van der Waals surface area (Å²) in [4.78, 5) is 8.35. The van der Waals surface area contributed by atoms with Gasteiger partial charge < -0.3 is 5.11 Å². The van der Waals surface area contributed by atoms with E-state index in [-0.39, 0.29) is 26.1 Å². The van der Waals surface area contributed by atoms with Gasteiger partial charge in [-0.25, -0.2) is 27.6 Å². The molecule has 3 aromatic heterocycles. The van der Waals surface area contributed by atoms with Crippen molar-refractivity contribution < 1.29 is 26.7 Å². The first-order chi connectivity index (χ1) is 17.2. The summed E-state index contributed by atoms with van der Waals surface area (Å²) in [5, 5.41) is 13.7. The molecule has 0 aliphatic carbocycles. The summed E-state index contributed by atoms with van der Waals surface area (Å²) < 4.78 is 69.5. The Morgan fingerprint density at radius 3 is 2.57 bits per heavy atom. The van der Waals surface area contributed by atoms with E-state index in [1.807, 2.05) is 0 Å². The predicted molar refractivity (Wildman–Crippen MR) is 133 cm³/mol. The largest absolute Gasteiger partial charge is 0.433 e. The van der Waals surface area contributed by atoms with Crippen LogP contribution in [0.3, 0.4) is 0 Å². The highest BCUT2D eigenvalue weighted by molar-refractivity contribution is 7.91. The molecule has 4 rings (SSSR count). The third kappa shape index (κ3) is 5.78. The molecule has 14 heteroatoms. The van der Waals surface area contributed by atoms with Crippen molar-refractivity contribution in [2.45, 2.75) is 36.7 Å². The van der Waals surface area contributed by atoms with Gasteiger partial charge in [0.15, 0.2) is 20.6 Å². The third-order valence-electron chi connectivity index (χ3n) is 5.08. The van der Waals surface area contributed by atoms with Gasteiger partial charge in [-0.15, -0.1) is 0 Å². The van der Waals surface area contributed by atoms with Crippen molar-refractivity contribution in [3.8, 4) is 23.1 Å². The Hall–Kier alpha value is -3.02. The van der Waals surface area contributed by atoms with Gasteiger partial charge in [0.25, 0.3) is 10.0 Å². The number of aromatic nitrogens is 4. The van der Waals surface area contributed by atoms with E-state index in [1.165, 1.54) is 13.8 Å². The molecule has 0 unspecified atom stereocenters. The number of alkyl halides is 3. The minimum atomic E-state index is -4.72. The van der Waals surface area contributed by atoms with Crippen molar-refractivity contribution in [1.29, 1.82) is 0 Å². The average Bonchev–Trinajstić information content (AvgIpc) is 3.45. The van der Waals surface area contributed by atoms with E-state index in [1.54, 1.807) is 25.1 Å². The first kappa shape index (κ1) is 27.0. The Morgan fingerprint density at radius 2 is 1.92 bits per heavy atom. The number of rotatable bonds is 5. The van der Waals surface area contributed by atoms with E-state index in [4.69, 9.17) is 11.6 Å². The lowest BCUT2D eigenvalue weighted by Gasteiger charge is -2.22. The molecule has 0 fully saturated rings. The van der Waals surface area contributed by atoms with Gasteiger partial charge in [-0.05, 0) is 50.5 Å². The monoisotopic (exact) mass is 569 g/mol. The minimum Gasteiger partial charge on any atom is -0.394 e. The van der Waals surface area contributed by atoms with E-state index >= 15 is 0 Å². The fourth-order valence-electron chi connectivity index (χ4n) is 3.21. The number of halogens is 4. The summed E-state index contributed by atoms with van der Waals surface area (Å²) in [6.45, 7) is 4.34. The van der Waals surface area contributed by atoms with Gasteiger partial charge in [-0.3, -0.25) is 0 Å². The van der Waals surface area contributed by atoms with Gasteiger partial charge >= 0.3 is 6.18 Å². The van der Waals surface area contributed by atoms with Crippen molar-refractivity contribution in [1.82, 2.24) is 24.3 Å². The molecule has 2 N–H and O–H groups in total. The number of hydrogen-bond donors (Lipinski definition) is 2. The number of aliphatic hydroxyl groups excluding tert-OH is 1. The molecule has 0 aliphatic heterocycles. The summed E-state index contributed by atoms with van der Waals surface area (Å²) in [7, 11) is -3.97. The van der Waals surface area contributed by atoms with E-state index in [2.05, 4.69) is 31.6 Å². The Labute approximate surface area is 219 Å². The standard InChI is InChI=1S/C23H19ClF3N5O3S2/c1-13-8-14(4-6-16(13)24)17-9-18(23(25,26)27)32-21(30-17)15(10-29-32)5-7-19-28-11-20(36-19)37(34,35)31-22(2,3)12-33/h4,6,8-11,31,33H,12H2,1-3H3. The Morgan fingerprint density at radius 1 is 1.19 bits per heavy atom. The molecule has 0 bridgehead atoms. The maximum Gasteiger partial charge on any atom is 0.433 e. The van der Waals surface area contributed by atoms with E-state index in [0.717, 1.165) is 29.8 Å². The van der Waals surface area contributed by atoms with Crippen LogP contribution in [0.1, 0.15) is 35.7 Å². The zero-order valence-electron chi connectivity index (χ0n) is 19.6. The maximum absolute atomic E-state index is 13.8.